The molecule has 0 saturated heterocycles. The number of methoxy groups -OCH3 is 1. The lowest BCUT2D eigenvalue weighted by Gasteiger charge is -2.20. The molecule has 1 unspecified atom stereocenters. The van der Waals surface area contributed by atoms with Crippen molar-refractivity contribution in [2.45, 2.75) is 19.4 Å². The zero-order valence-corrected chi connectivity index (χ0v) is 15.0. The van der Waals surface area contributed by atoms with Crippen molar-refractivity contribution in [3.63, 3.8) is 0 Å². The van der Waals surface area contributed by atoms with E-state index in [9.17, 15) is 0 Å². The predicted molar refractivity (Wildman–Crippen MR) is 99.5 cm³/mol. The fourth-order valence-electron chi connectivity index (χ4n) is 2.15. The summed E-state index contributed by atoms with van der Waals surface area (Å²) in [5.74, 6) is 0.855. The summed E-state index contributed by atoms with van der Waals surface area (Å²) in [6, 6.07) is 16.1. The summed E-state index contributed by atoms with van der Waals surface area (Å²) in [6.45, 7) is 2.13. The average Bonchev–Trinajstić information content (AvgIpc) is 2.53. The smallest absolute Gasteiger partial charge is 0.171 e. The molecule has 0 bridgehead atoms. The van der Waals surface area contributed by atoms with Crippen LogP contribution in [0.4, 0.5) is 5.69 Å². The molecule has 116 valence electrons. The van der Waals surface area contributed by atoms with Crippen LogP contribution in [0.3, 0.4) is 0 Å². The molecule has 0 fully saturated rings. The number of hydrogen-bond acceptors (Lipinski definition) is 2. The fourth-order valence-corrected chi connectivity index (χ4v) is 2.81. The summed E-state index contributed by atoms with van der Waals surface area (Å²) in [5.41, 5.74) is 2.14. The zero-order valence-electron chi connectivity index (χ0n) is 12.6. The summed E-state index contributed by atoms with van der Waals surface area (Å²) in [4.78, 5) is 0. The third-order valence-electron chi connectivity index (χ3n) is 3.31. The van der Waals surface area contributed by atoms with Crippen molar-refractivity contribution in [3.8, 4) is 5.75 Å². The molecule has 2 rings (SSSR count). The summed E-state index contributed by atoms with van der Waals surface area (Å²) in [5, 5.41) is 7.17. The highest BCUT2D eigenvalue weighted by Gasteiger charge is 2.11. The second-order valence-electron chi connectivity index (χ2n) is 4.84. The Kier molecular flexibility index (Phi) is 6.21. The van der Waals surface area contributed by atoms with Gasteiger partial charge in [-0.15, -0.1) is 0 Å². The maximum Gasteiger partial charge on any atom is 0.171 e. The molecule has 0 amide bonds. The summed E-state index contributed by atoms with van der Waals surface area (Å²) >= 11 is 8.86. The Balaban J connectivity index is 2.01. The van der Waals surface area contributed by atoms with Gasteiger partial charge in [0.05, 0.1) is 13.2 Å². The number of nitrogens with one attached hydrogen (secondary N) is 2. The molecule has 0 aliphatic rings. The second-order valence-corrected chi connectivity index (χ2v) is 6.17. The Morgan fingerprint density at radius 2 is 1.95 bits per heavy atom. The molecule has 0 aliphatic carbocycles. The highest BCUT2D eigenvalue weighted by Crippen LogP contribution is 2.21. The number of rotatable bonds is 5. The molecule has 5 heteroatoms. The van der Waals surface area contributed by atoms with Crippen molar-refractivity contribution in [2.24, 2.45) is 0 Å². The van der Waals surface area contributed by atoms with Crippen LogP contribution in [-0.2, 0) is 0 Å². The van der Waals surface area contributed by atoms with Crippen molar-refractivity contribution in [2.75, 3.05) is 12.4 Å². The number of ether oxygens (including phenoxy) is 1. The Labute approximate surface area is 145 Å². The number of benzene rings is 2. The molecular formula is C17H19BrN2OS. The molecular weight excluding hydrogens is 360 g/mol. The lowest BCUT2D eigenvalue weighted by molar-refractivity contribution is 0.414. The maximum atomic E-state index is 5.41. The molecule has 1 atom stereocenters. The molecule has 3 nitrogen and oxygen atoms in total. The molecule has 0 heterocycles. The van der Waals surface area contributed by atoms with E-state index >= 15 is 0 Å². The number of thiocarbonyl (C=S) groups is 1. The van der Waals surface area contributed by atoms with E-state index in [0.29, 0.717) is 5.11 Å². The van der Waals surface area contributed by atoms with Gasteiger partial charge in [0.1, 0.15) is 5.75 Å². The lowest BCUT2D eigenvalue weighted by Crippen LogP contribution is -2.32. The van der Waals surface area contributed by atoms with Gasteiger partial charge in [0.2, 0.25) is 0 Å². The maximum absolute atomic E-state index is 5.41. The van der Waals surface area contributed by atoms with Crippen molar-refractivity contribution in [3.05, 3.63) is 58.6 Å². The third kappa shape index (κ3) is 4.71. The van der Waals surface area contributed by atoms with Gasteiger partial charge in [0, 0.05) is 10.2 Å². The minimum Gasteiger partial charge on any atom is -0.497 e. The zero-order chi connectivity index (χ0) is 15.9. The molecule has 0 radical (unpaired) electrons. The molecule has 0 aromatic heterocycles. The Morgan fingerprint density at radius 1 is 1.23 bits per heavy atom. The van der Waals surface area contributed by atoms with Crippen LogP contribution in [0.25, 0.3) is 0 Å². The van der Waals surface area contributed by atoms with Gasteiger partial charge in [-0.05, 0) is 54.5 Å². The van der Waals surface area contributed by atoms with Crippen LogP contribution in [0.1, 0.15) is 24.9 Å². The van der Waals surface area contributed by atoms with Crippen LogP contribution in [-0.4, -0.2) is 12.2 Å². The first-order valence-electron chi connectivity index (χ1n) is 7.09. The van der Waals surface area contributed by atoms with E-state index in [1.165, 1.54) is 5.56 Å². The lowest BCUT2D eigenvalue weighted by atomic mass is 10.0. The molecule has 2 aromatic rings. The molecule has 2 N–H and O–H groups in total. The van der Waals surface area contributed by atoms with Gasteiger partial charge >= 0.3 is 0 Å². The van der Waals surface area contributed by atoms with Gasteiger partial charge in [-0.25, -0.2) is 0 Å². The summed E-state index contributed by atoms with van der Waals surface area (Å²) in [6.07, 6.45) is 0.937. The molecule has 2 aromatic carbocycles. The first-order valence-corrected chi connectivity index (χ1v) is 8.29. The standard InChI is InChI=1S/C17H19BrN2OS/c1-3-16(12-7-9-15(21-2)10-8-12)20-17(22)19-14-6-4-5-13(18)11-14/h4-11,16H,3H2,1-2H3,(H2,19,20,22). The van der Waals surface area contributed by atoms with Gasteiger partial charge in [-0.3, -0.25) is 0 Å². The first kappa shape index (κ1) is 16.8. The van der Waals surface area contributed by atoms with E-state index in [-0.39, 0.29) is 6.04 Å². The highest BCUT2D eigenvalue weighted by atomic mass is 79.9. The summed E-state index contributed by atoms with van der Waals surface area (Å²) in [7, 11) is 1.67. The van der Waals surface area contributed by atoms with Crippen molar-refractivity contribution in [1.82, 2.24) is 5.32 Å². The van der Waals surface area contributed by atoms with E-state index in [2.05, 4.69) is 45.6 Å². The van der Waals surface area contributed by atoms with Gasteiger partial charge in [-0.2, -0.15) is 0 Å². The van der Waals surface area contributed by atoms with E-state index < -0.39 is 0 Å². The Morgan fingerprint density at radius 3 is 2.55 bits per heavy atom. The van der Waals surface area contributed by atoms with Crippen LogP contribution >= 0.6 is 28.1 Å². The number of anilines is 1. The van der Waals surface area contributed by atoms with Crippen molar-refractivity contribution < 1.29 is 4.74 Å². The monoisotopic (exact) mass is 378 g/mol. The van der Waals surface area contributed by atoms with Gasteiger partial charge in [0.25, 0.3) is 0 Å². The van der Waals surface area contributed by atoms with E-state index in [0.717, 1.165) is 22.3 Å². The normalized spacial score (nSPS) is 11.6. The van der Waals surface area contributed by atoms with Crippen LogP contribution < -0.4 is 15.4 Å². The fraction of sp³-hybridized carbons (Fsp3) is 0.235. The molecule has 0 saturated carbocycles. The van der Waals surface area contributed by atoms with Crippen LogP contribution in [0.15, 0.2) is 53.0 Å². The van der Waals surface area contributed by atoms with Crippen LogP contribution in [0.2, 0.25) is 0 Å². The first-order chi connectivity index (χ1) is 10.6. The largest absolute Gasteiger partial charge is 0.497 e. The number of hydrogen-bond donors (Lipinski definition) is 2. The van der Waals surface area contributed by atoms with Crippen LogP contribution in [0, 0.1) is 0 Å². The molecule has 0 spiro atoms. The average molecular weight is 379 g/mol. The van der Waals surface area contributed by atoms with Gasteiger partial charge < -0.3 is 15.4 Å². The van der Waals surface area contributed by atoms with Gasteiger partial charge in [0.15, 0.2) is 5.11 Å². The predicted octanol–water partition coefficient (Wildman–Crippen LogP) is 4.90. The van der Waals surface area contributed by atoms with Gasteiger partial charge in [-0.1, -0.05) is 41.1 Å². The topological polar surface area (TPSA) is 33.3 Å². The Bertz CT molecular complexity index is 631. The third-order valence-corrected chi connectivity index (χ3v) is 4.03. The van der Waals surface area contributed by atoms with Crippen molar-refractivity contribution in [1.29, 1.82) is 0 Å². The second kappa shape index (κ2) is 8.15. The van der Waals surface area contributed by atoms with Crippen LogP contribution in [0.5, 0.6) is 5.75 Å². The minimum absolute atomic E-state index is 0.165. The van der Waals surface area contributed by atoms with E-state index in [1.54, 1.807) is 7.11 Å². The van der Waals surface area contributed by atoms with E-state index in [4.69, 9.17) is 17.0 Å². The van der Waals surface area contributed by atoms with E-state index in [1.807, 2.05) is 36.4 Å². The SMILES string of the molecule is CCC(NC(=S)Nc1cccc(Br)c1)c1ccc(OC)cc1. The molecule has 22 heavy (non-hydrogen) atoms. The van der Waals surface area contributed by atoms with Crippen molar-refractivity contribution >= 4 is 38.9 Å². The Hall–Kier alpha value is -1.59. The minimum atomic E-state index is 0.165. The molecule has 0 aliphatic heterocycles. The highest BCUT2D eigenvalue weighted by molar-refractivity contribution is 9.10. The quantitative estimate of drug-likeness (QED) is 0.725. The number of halogens is 1. The summed E-state index contributed by atoms with van der Waals surface area (Å²) < 4.78 is 6.21.